The summed E-state index contributed by atoms with van der Waals surface area (Å²) in [5, 5.41) is 3.44. The number of rotatable bonds is 4. The molecule has 0 atom stereocenters. The van der Waals surface area contributed by atoms with Crippen LogP contribution in [0, 0.1) is 0 Å². The van der Waals surface area contributed by atoms with Crippen molar-refractivity contribution < 1.29 is 9.53 Å². The summed E-state index contributed by atoms with van der Waals surface area (Å²) in [4.78, 5) is 12.2. The second-order valence-corrected chi connectivity index (χ2v) is 5.77. The molecule has 0 saturated carbocycles. The minimum Gasteiger partial charge on any atom is -0.493 e. The highest BCUT2D eigenvalue weighted by Crippen LogP contribution is 2.30. The van der Waals surface area contributed by atoms with Gasteiger partial charge in [-0.2, -0.15) is 0 Å². The molecule has 2 aromatic carbocycles. The van der Waals surface area contributed by atoms with Gasteiger partial charge in [-0.25, -0.2) is 0 Å². The molecule has 0 radical (unpaired) electrons. The fraction of sp³-hybridized carbons (Fsp3) is 0.133. The molecule has 0 heterocycles. The van der Waals surface area contributed by atoms with Crippen molar-refractivity contribution >= 4 is 50.7 Å². The van der Waals surface area contributed by atoms with Crippen LogP contribution in [0.15, 0.2) is 40.9 Å². The second kappa shape index (κ2) is 7.16. The maximum absolute atomic E-state index is 12.2. The predicted molar refractivity (Wildman–Crippen MR) is 89.7 cm³/mol. The van der Waals surface area contributed by atoms with E-state index in [4.69, 9.17) is 27.9 Å². The normalized spacial score (nSPS) is 10.3. The lowest BCUT2D eigenvalue weighted by atomic mass is 10.2. The molecule has 0 aliphatic heterocycles. The van der Waals surface area contributed by atoms with Crippen molar-refractivity contribution in [1.82, 2.24) is 0 Å². The Hall–Kier alpha value is -1.23. The minimum atomic E-state index is -0.275. The third-order valence-electron chi connectivity index (χ3n) is 2.69. The van der Waals surface area contributed by atoms with Crippen molar-refractivity contribution in [1.29, 1.82) is 0 Å². The summed E-state index contributed by atoms with van der Waals surface area (Å²) in [6.45, 7) is 2.45. The summed E-state index contributed by atoms with van der Waals surface area (Å²) in [6.07, 6.45) is 0. The lowest BCUT2D eigenvalue weighted by Crippen LogP contribution is -2.12. The Kier molecular flexibility index (Phi) is 5.51. The van der Waals surface area contributed by atoms with Gasteiger partial charge in [-0.3, -0.25) is 4.79 Å². The summed E-state index contributed by atoms with van der Waals surface area (Å²) in [5.41, 5.74) is 0.959. The molecular weight excluding hydrogens is 377 g/mol. The fourth-order valence-corrected chi connectivity index (χ4v) is 2.55. The van der Waals surface area contributed by atoms with E-state index in [1.807, 2.05) is 6.92 Å². The number of carbonyl (C=O) groups excluding carboxylic acids is 1. The Morgan fingerprint density at radius 1 is 1.29 bits per heavy atom. The average molecular weight is 389 g/mol. The largest absolute Gasteiger partial charge is 0.493 e. The molecule has 2 rings (SSSR count). The second-order valence-electron chi connectivity index (χ2n) is 4.13. The van der Waals surface area contributed by atoms with Gasteiger partial charge >= 0.3 is 0 Å². The van der Waals surface area contributed by atoms with Crippen LogP contribution in [0.25, 0.3) is 0 Å². The summed E-state index contributed by atoms with van der Waals surface area (Å²) >= 11 is 15.3. The highest BCUT2D eigenvalue weighted by Gasteiger charge is 2.12. The van der Waals surface area contributed by atoms with Crippen molar-refractivity contribution in [3.05, 3.63) is 56.5 Å². The quantitative estimate of drug-likeness (QED) is 0.760. The van der Waals surface area contributed by atoms with Gasteiger partial charge in [0.25, 0.3) is 5.91 Å². The zero-order valence-electron chi connectivity index (χ0n) is 11.1. The van der Waals surface area contributed by atoms with Gasteiger partial charge in [0.2, 0.25) is 0 Å². The standard InChI is InChI=1S/C15H12BrCl2NO2/c1-2-21-13-7-6-9(8-10(13)16)15(20)19-12-5-3-4-11(17)14(12)18/h3-8H,2H2,1H3,(H,19,20). The monoisotopic (exact) mass is 387 g/mol. The molecule has 3 nitrogen and oxygen atoms in total. The number of carbonyl (C=O) groups is 1. The number of halogens is 3. The number of ether oxygens (including phenoxy) is 1. The molecule has 0 spiro atoms. The molecule has 0 aliphatic rings. The molecule has 0 aliphatic carbocycles. The molecule has 0 unspecified atom stereocenters. The van der Waals surface area contributed by atoms with Crippen molar-refractivity contribution in [2.45, 2.75) is 6.92 Å². The Morgan fingerprint density at radius 2 is 2.05 bits per heavy atom. The Bertz CT molecular complexity index is 677. The summed E-state index contributed by atoms with van der Waals surface area (Å²) < 4.78 is 6.12. The van der Waals surface area contributed by atoms with Gasteiger partial charge in [-0.05, 0) is 53.2 Å². The third-order valence-corrected chi connectivity index (χ3v) is 4.13. The first kappa shape index (κ1) is 16.1. The van der Waals surface area contributed by atoms with Gasteiger partial charge in [-0.1, -0.05) is 29.3 Å². The summed E-state index contributed by atoms with van der Waals surface area (Å²) in [7, 11) is 0. The van der Waals surface area contributed by atoms with Gasteiger partial charge in [0.1, 0.15) is 5.75 Å². The number of hydrogen-bond donors (Lipinski definition) is 1. The SMILES string of the molecule is CCOc1ccc(C(=O)Nc2cccc(Cl)c2Cl)cc1Br. The minimum absolute atomic E-state index is 0.275. The van der Waals surface area contributed by atoms with Crippen LogP contribution < -0.4 is 10.1 Å². The molecule has 1 amide bonds. The van der Waals surface area contributed by atoms with Crippen LogP contribution in [-0.2, 0) is 0 Å². The van der Waals surface area contributed by atoms with Crippen molar-refractivity contribution in [2.75, 3.05) is 11.9 Å². The molecule has 1 N–H and O–H groups in total. The van der Waals surface area contributed by atoms with Crippen LogP contribution in [0.1, 0.15) is 17.3 Å². The molecule has 0 fully saturated rings. The van der Waals surface area contributed by atoms with Crippen molar-refractivity contribution in [3.63, 3.8) is 0 Å². The number of anilines is 1. The Labute approximate surface area is 141 Å². The molecule has 110 valence electrons. The van der Waals surface area contributed by atoms with E-state index in [-0.39, 0.29) is 5.91 Å². The van der Waals surface area contributed by atoms with E-state index in [1.54, 1.807) is 36.4 Å². The highest BCUT2D eigenvalue weighted by molar-refractivity contribution is 9.10. The van der Waals surface area contributed by atoms with E-state index in [2.05, 4.69) is 21.2 Å². The lowest BCUT2D eigenvalue weighted by molar-refractivity contribution is 0.102. The summed E-state index contributed by atoms with van der Waals surface area (Å²) in [6, 6.07) is 10.2. The van der Waals surface area contributed by atoms with Crippen molar-refractivity contribution in [3.8, 4) is 5.75 Å². The first-order valence-electron chi connectivity index (χ1n) is 6.20. The van der Waals surface area contributed by atoms with Crippen LogP contribution >= 0.6 is 39.1 Å². The number of nitrogens with one attached hydrogen (secondary N) is 1. The molecule has 21 heavy (non-hydrogen) atoms. The van der Waals surface area contributed by atoms with E-state index in [0.29, 0.717) is 38.1 Å². The van der Waals surface area contributed by atoms with Crippen LogP contribution in [0.2, 0.25) is 10.0 Å². The van der Waals surface area contributed by atoms with E-state index in [0.717, 1.165) is 0 Å². The molecule has 0 aromatic heterocycles. The lowest BCUT2D eigenvalue weighted by Gasteiger charge is -2.10. The first-order chi connectivity index (χ1) is 10.0. The van der Waals surface area contributed by atoms with Gasteiger partial charge < -0.3 is 10.1 Å². The molecule has 0 bridgehead atoms. The smallest absolute Gasteiger partial charge is 0.255 e. The maximum atomic E-state index is 12.2. The van der Waals surface area contributed by atoms with Gasteiger partial charge in [0.15, 0.2) is 0 Å². The zero-order valence-corrected chi connectivity index (χ0v) is 14.2. The fourth-order valence-electron chi connectivity index (χ4n) is 1.71. The molecular formula is C15H12BrCl2NO2. The van der Waals surface area contributed by atoms with E-state index < -0.39 is 0 Å². The number of hydrogen-bond acceptors (Lipinski definition) is 2. The van der Waals surface area contributed by atoms with Crippen molar-refractivity contribution in [2.24, 2.45) is 0 Å². The first-order valence-corrected chi connectivity index (χ1v) is 7.75. The average Bonchev–Trinajstić information content (AvgIpc) is 2.46. The summed E-state index contributed by atoms with van der Waals surface area (Å²) in [5.74, 6) is 0.415. The third kappa shape index (κ3) is 3.90. The van der Waals surface area contributed by atoms with E-state index >= 15 is 0 Å². The maximum Gasteiger partial charge on any atom is 0.255 e. The molecule has 0 saturated heterocycles. The Balaban J connectivity index is 2.21. The number of amides is 1. The zero-order chi connectivity index (χ0) is 15.4. The van der Waals surface area contributed by atoms with Crippen LogP contribution in [0.4, 0.5) is 5.69 Å². The molecule has 6 heteroatoms. The topological polar surface area (TPSA) is 38.3 Å². The van der Waals surface area contributed by atoms with Gasteiger partial charge in [0, 0.05) is 5.56 Å². The predicted octanol–water partition coefficient (Wildman–Crippen LogP) is 5.41. The van der Waals surface area contributed by atoms with E-state index in [9.17, 15) is 4.79 Å². The van der Waals surface area contributed by atoms with Crippen LogP contribution in [0.3, 0.4) is 0 Å². The van der Waals surface area contributed by atoms with Crippen LogP contribution in [0.5, 0.6) is 5.75 Å². The number of benzene rings is 2. The van der Waals surface area contributed by atoms with Crippen LogP contribution in [-0.4, -0.2) is 12.5 Å². The Morgan fingerprint density at radius 3 is 2.71 bits per heavy atom. The van der Waals surface area contributed by atoms with Gasteiger partial charge in [-0.15, -0.1) is 0 Å². The highest BCUT2D eigenvalue weighted by atomic mass is 79.9. The van der Waals surface area contributed by atoms with E-state index in [1.165, 1.54) is 0 Å². The van der Waals surface area contributed by atoms with Gasteiger partial charge in [0.05, 0.1) is 26.8 Å². The molecule has 2 aromatic rings.